The van der Waals surface area contributed by atoms with E-state index < -0.39 is 6.10 Å². The van der Waals surface area contributed by atoms with Crippen LogP contribution in [0.25, 0.3) is 0 Å². The normalized spacial score (nSPS) is 12.5. The average molecular weight is 329 g/mol. The van der Waals surface area contributed by atoms with Crippen molar-refractivity contribution < 1.29 is 14.3 Å². The largest absolute Gasteiger partial charge is 0.464 e. The fourth-order valence-electron chi connectivity index (χ4n) is 1.80. The highest BCUT2D eigenvalue weighted by Crippen LogP contribution is 2.14. The summed E-state index contributed by atoms with van der Waals surface area (Å²) in [5.41, 5.74) is 2.26. The number of rotatable bonds is 7. The van der Waals surface area contributed by atoms with Crippen LogP contribution in [0, 0.1) is 0 Å². The van der Waals surface area contributed by atoms with Crippen molar-refractivity contribution in [2.45, 2.75) is 44.7 Å². The first-order valence-electron chi connectivity index (χ1n) is 6.52. The molecule has 0 heterocycles. The van der Waals surface area contributed by atoms with E-state index in [9.17, 15) is 4.79 Å². The summed E-state index contributed by atoms with van der Waals surface area (Å²) >= 11 is 3.43. The summed E-state index contributed by atoms with van der Waals surface area (Å²) in [6.07, 6.45) is -0.00279. The van der Waals surface area contributed by atoms with Crippen LogP contribution >= 0.6 is 15.9 Å². The molecule has 0 aliphatic carbocycles. The molecule has 0 aliphatic rings. The number of carbonyl (C=O) groups is 1. The summed E-state index contributed by atoms with van der Waals surface area (Å²) in [5, 5.41) is 0.802. The Kier molecular flexibility index (Phi) is 7.10. The van der Waals surface area contributed by atoms with E-state index in [2.05, 4.69) is 22.0 Å². The Labute approximate surface area is 123 Å². The molecule has 0 saturated heterocycles. The summed E-state index contributed by atoms with van der Waals surface area (Å²) in [4.78, 5) is 11.9. The van der Waals surface area contributed by atoms with Crippen LogP contribution in [0.2, 0.25) is 0 Å². The number of ether oxygens (including phenoxy) is 2. The zero-order valence-corrected chi connectivity index (χ0v) is 13.3. The minimum Gasteiger partial charge on any atom is -0.464 e. The number of halogens is 1. The van der Waals surface area contributed by atoms with Crippen molar-refractivity contribution >= 4 is 21.9 Å². The van der Waals surface area contributed by atoms with E-state index in [1.165, 1.54) is 5.56 Å². The number of alkyl halides is 1. The van der Waals surface area contributed by atoms with Crippen LogP contribution in [-0.4, -0.2) is 24.8 Å². The Balaban J connectivity index is 2.77. The maximum absolute atomic E-state index is 11.9. The molecule has 0 aliphatic heterocycles. The van der Waals surface area contributed by atoms with Crippen molar-refractivity contribution in [1.82, 2.24) is 0 Å². The zero-order valence-electron chi connectivity index (χ0n) is 11.7. The van der Waals surface area contributed by atoms with E-state index in [-0.39, 0.29) is 12.1 Å². The highest BCUT2D eigenvalue weighted by Gasteiger charge is 2.22. The Morgan fingerprint density at radius 3 is 2.58 bits per heavy atom. The van der Waals surface area contributed by atoms with Gasteiger partial charge in [0.15, 0.2) is 6.10 Å². The predicted octanol–water partition coefficient (Wildman–Crippen LogP) is 3.48. The van der Waals surface area contributed by atoms with Gasteiger partial charge in [-0.2, -0.15) is 0 Å². The van der Waals surface area contributed by atoms with Gasteiger partial charge in [0.1, 0.15) is 0 Å². The molecule has 19 heavy (non-hydrogen) atoms. The van der Waals surface area contributed by atoms with Crippen LogP contribution in [-0.2, 0) is 26.0 Å². The molecule has 0 radical (unpaired) electrons. The number of benzene rings is 1. The third-order valence-corrected chi connectivity index (χ3v) is 3.20. The quantitative estimate of drug-likeness (QED) is 0.567. The molecular weight excluding hydrogens is 308 g/mol. The van der Waals surface area contributed by atoms with Crippen molar-refractivity contribution in [3.8, 4) is 0 Å². The minimum atomic E-state index is -0.537. The number of hydrogen-bond donors (Lipinski definition) is 0. The summed E-state index contributed by atoms with van der Waals surface area (Å²) in [7, 11) is 0. The SMILES string of the molecule is CCOC(=O)C(Cc1cccc(CBr)c1)OC(C)C. The second-order valence-corrected chi connectivity index (χ2v) is 5.14. The monoisotopic (exact) mass is 328 g/mol. The standard InChI is InChI=1S/C15H21BrO3/c1-4-18-15(17)14(19-11(2)3)9-12-6-5-7-13(8-12)10-16/h5-8,11,14H,4,9-10H2,1-3H3. The van der Waals surface area contributed by atoms with Crippen LogP contribution in [0.3, 0.4) is 0 Å². The second kappa shape index (κ2) is 8.33. The third kappa shape index (κ3) is 5.74. The predicted molar refractivity (Wildman–Crippen MR) is 79.4 cm³/mol. The molecule has 1 rings (SSSR count). The summed E-state index contributed by atoms with van der Waals surface area (Å²) in [6.45, 7) is 6.01. The molecular formula is C15H21BrO3. The fraction of sp³-hybridized carbons (Fsp3) is 0.533. The van der Waals surface area contributed by atoms with Gasteiger partial charge in [0.2, 0.25) is 0 Å². The van der Waals surface area contributed by atoms with E-state index >= 15 is 0 Å². The molecule has 0 N–H and O–H groups in total. The molecule has 0 amide bonds. The van der Waals surface area contributed by atoms with Gasteiger partial charge in [0.25, 0.3) is 0 Å². The molecule has 0 saturated carbocycles. The maximum Gasteiger partial charge on any atom is 0.335 e. The number of hydrogen-bond acceptors (Lipinski definition) is 3. The van der Waals surface area contributed by atoms with Crippen LogP contribution in [0.15, 0.2) is 24.3 Å². The van der Waals surface area contributed by atoms with Gasteiger partial charge in [-0.05, 0) is 31.9 Å². The lowest BCUT2D eigenvalue weighted by Crippen LogP contribution is -2.31. The topological polar surface area (TPSA) is 35.5 Å². The Morgan fingerprint density at radius 1 is 1.32 bits per heavy atom. The van der Waals surface area contributed by atoms with Crippen LogP contribution in [0.1, 0.15) is 31.9 Å². The first kappa shape index (κ1) is 16.2. The zero-order chi connectivity index (χ0) is 14.3. The van der Waals surface area contributed by atoms with Gasteiger partial charge in [-0.3, -0.25) is 0 Å². The van der Waals surface area contributed by atoms with Crippen molar-refractivity contribution in [2.24, 2.45) is 0 Å². The molecule has 3 nitrogen and oxygen atoms in total. The highest BCUT2D eigenvalue weighted by molar-refractivity contribution is 9.08. The van der Waals surface area contributed by atoms with Gasteiger partial charge < -0.3 is 9.47 Å². The Hall–Kier alpha value is -0.870. The molecule has 1 atom stereocenters. The molecule has 0 fully saturated rings. The van der Waals surface area contributed by atoms with Crippen molar-refractivity contribution in [1.29, 1.82) is 0 Å². The van der Waals surface area contributed by atoms with E-state index in [1.54, 1.807) is 6.92 Å². The lowest BCUT2D eigenvalue weighted by molar-refractivity contribution is -0.159. The Morgan fingerprint density at radius 2 is 2.00 bits per heavy atom. The van der Waals surface area contributed by atoms with Crippen LogP contribution < -0.4 is 0 Å². The third-order valence-electron chi connectivity index (χ3n) is 2.55. The van der Waals surface area contributed by atoms with Gasteiger partial charge in [0.05, 0.1) is 12.7 Å². The average Bonchev–Trinajstić information content (AvgIpc) is 2.38. The van der Waals surface area contributed by atoms with Gasteiger partial charge in [-0.1, -0.05) is 40.2 Å². The Bertz CT molecular complexity index is 404. The van der Waals surface area contributed by atoms with Crippen molar-refractivity contribution in [2.75, 3.05) is 6.61 Å². The van der Waals surface area contributed by atoms with Crippen LogP contribution in [0.5, 0.6) is 0 Å². The van der Waals surface area contributed by atoms with Gasteiger partial charge in [-0.25, -0.2) is 4.79 Å². The molecule has 0 spiro atoms. The van der Waals surface area contributed by atoms with E-state index in [0.29, 0.717) is 13.0 Å². The second-order valence-electron chi connectivity index (χ2n) is 4.58. The van der Waals surface area contributed by atoms with Crippen LogP contribution in [0.4, 0.5) is 0 Å². The summed E-state index contributed by atoms with van der Waals surface area (Å²) in [5.74, 6) is -0.291. The fourth-order valence-corrected chi connectivity index (χ4v) is 2.15. The first-order chi connectivity index (χ1) is 9.06. The minimum absolute atomic E-state index is 0.00577. The lowest BCUT2D eigenvalue weighted by atomic mass is 10.1. The molecule has 1 aromatic carbocycles. The van der Waals surface area contributed by atoms with Gasteiger partial charge in [0, 0.05) is 11.8 Å². The smallest absolute Gasteiger partial charge is 0.335 e. The maximum atomic E-state index is 11.9. The highest BCUT2D eigenvalue weighted by atomic mass is 79.9. The number of esters is 1. The molecule has 1 unspecified atom stereocenters. The lowest BCUT2D eigenvalue weighted by Gasteiger charge is -2.19. The molecule has 106 valence electrons. The number of carbonyl (C=O) groups excluding carboxylic acids is 1. The molecule has 0 aromatic heterocycles. The summed E-state index contributed by atoms with van der Waals surface area (Å²) in [6, 6.07) is 8.11. The van der Waals surface area contributed by atoms with Crippen molar-refractivity contribution in [3.63, 3.8) is 0 Å². The molecule has 4 heteroatoms. The first-order valence-corrected chi connectivity index (χ1v) is 7.64. The van der Waals surface area contributed by atoms with Crippen molar-refractivity contribution in [3.05, 3.63) is 35.4 Å². The molecule has 0 bridgehead atoms. The van der Waals surface area contributed by atoms with Gasteiger partial charge in [-0.15, -0.1) is 0 Å². The summed E-state index contributed by atoms with van der Waals surface area (Å²) < 4.78 is 10.7. The van der Waals surface area contributed by atoms with Gasteiger partial charge >= 0.3 is 5.97 Å². The van der Waals surface area contributed by atoms with E-state index in [1.807, 2.05) is 32.0 Å². The van der Waals surface area contributed by atoms with E-state index in [0.717, 1.165) is 10.9 Å². The molecule has 1 aromatic rings. The van der Waals surface area contributed by atoms with E-state index in [4.69, 9.17) is 9.47 Å².